The van der Waals surface area contributed by atoms with Gasteiger partial charge in [-0.2, -0.15) is 9.90 Å². The van der Waals surface area contributed by atoms with E-state index in [0.717, 1.165) is 29.8 Å². The number of rotatable bonds is 1. The molecule has 0 radical (unpaired) electrons. The van der Waals surface area contributed by atoms with Crippen molar-refractivity contribution in [2.75, 3.05) is 0 Å². The van der Waals surface area contributed by atoms with Crippen molar-refractivity contribution < 1.29 is 4.79 Å². The maximum atomic E-state index is 12.5. The second-order valence-electron chi connectivity index (χ2n) is 7.50. The summed E-state index contributed by atoms with van der Waals surface area (Å²) in [4.78, 5) is 17.5. The molecule has 25 heavy (non-hydrogen) atoms. The van der Waals surface area contributed by atoms with Gasteiger partial charge in [-0.05, 0) is 24.0 Å². The molecule has 0 saturated heterocycles. The third kappa shape index (κ3) is 2.08. The Morgan fingerprint density at radius 1 is 1.32 bits per heavy atom. The molecule has 0 amide bonds. The molecule has 0 aromatic carbocycles. The van der Waals surface area contributed by atoms with Crippen molar-refractivity contribution in [1.82, 2.24) is 30.0 Å². The maximum absolute atomic E-state index is 12.5. The molecule has 0 bridgehead atoms. The van der Waals surface area contributed by atoms with E-state index in [1.54, 1.807) is 7.05 Å². The van der Waals surface area contributed by atoms with Crippen LogP contribution < -0.4 is 0 Å². The van der Waals surface area contributed by atoms with E-state index < -0.39 is 6.04 Å². The minimum Gasteiger partial charge on any atom is -0.305 e. The van der Waals surface area contributed by atoms with Crippen LogP contribution in [0.3, 0.4) is 0 Å². The van der Waals surface area contributed by atoms with Crippen molar-refractivity contribution in [3.05, 3.63) is 22.7 Å². The van der Waals surface area contributed by atoms with Gasteiger partial charge in [-0.3, -0.25) is 9.48 Å². The molecule has 4 atom stereocenters. The first kappa shape index (κ1) is 15.9. The summed E-state index contributed by atoms with van der Waals surface area (Å²) >= 11 is 0. The highest BCUT2D eigenvalue weighted by molar-refractivity contribution is 5.89. The number of Topliss-reactive ketones (excluding diaryl/α,β-unsaturated/α-hetero) is 1. The van der Waals surface area contributed by atoms with Crippen molar-refractivity contribution in [2.24, 2.45) is 25.9 Å². The van der Waals surface area contributed by atoms with Gasteiger partial charge < -0.3 is 4.85 Å². The van der Waals surface area contributed by atoms with Crippen molar-refractivity contribution in [1.29, 1.82) is 0 Å². The van der Waals surface area contributed by atoms with Gasteiger partial charge in [0.15, 0.2) is 0 Å². The number of carbonyl (C=O) groups excluding carboxylic acids is 1. The summed E-state index contributed by atoms with van der Waals surface area (Å²) in [6.45, 7) is 11.6. The standard InChI is InChI=1S/C17H21N7O/c1-9-11-7-6-10-13(16-19-22-24(5)21-16)23(4)20-15(10)17(11,2)8-12(18-3)14(9)25/h9,11-12H,6-8H2,1-2,4-5H3/t9-,11-,12?,17-/m0/s1. The number of carbonyl (C=O) groups is 1. The lowest BCUT2D eigenvalue weighted by molar-refractivity contribution is -0.129. The molecule has 1 unspecified atom stereocenters. The number of hydrogen-bond acceptors (Lipinski definition) is 5. The molecule has 2 aliphatic carbocycles. The molecular formula is C17H21N7O. The van der Waals surface area contributed by atoms with E-state index in [9.17, 15) is 4.79 Å². The quantitative estimate of drug-likeness (QED) is 0.732. The highest BCUT2D eigenvalue weighted by Crippen LogP contribution is 2.52. The number of hydrogen-bond donors (Lipinski definition) is 0. The first-order valence-corrected chi connectivity index (χ1v) is 8.58. The SMILES string of the molecule is [C-]#[N+]C1C[C@]2(C)c3nn(C)c(-c4nnn(C)n4)c3CC[C@H]2[C@H](C)C1=O. The Bertz CT molecular complexity index is 905. The van der Waals surface area contributed by atoms with E-state index >= 15 is 0 Å². The number of tetrazole rings is 1. The normalized spacial score (nSPS) is 31.3. The number of nitrogens with zero attached hydrogens (tertiary/aromatic N) is 7. The van der Waals surface area contributed by atoms with E-state index in [1.807, 2.05) is 18.7 Å². The average molecular weight is 339 g/mol. The predicted molar refractivity (Wildman–Crippen MR) is 89.3 cm³/mol. The zero-order valence-electron chi connectivity index (χ0n) is 14.9. The van der Waals surface area contributed by atoms with Crippen molar-refractivity contribution in [3.63, 3.8) is 0 Å². The minimum absolute atomic E-state index is 0.0904. The maximum Gasteiger partial charge on any atom is 0.282 e. The predicted octanol–water partition coefficient (Wildman–Crippen LogP) is 1.33. The second kappa shape index (κ2) is 5.22. The van der Waals surface area contributed by atoms with Crippen LogP contribution in [0, 0.1) is 18.4 Å². The van der Waals surface area contributed by atoms with Gasteiger partial charge in [0.05, 0.1) is 12.7 Å². The summed E-state index contributed by atoms with van der Waals surface area (Å²) in [5.41, 5.74) is 2.77. The van der Waals surface area contributed by atoms with Crippen LogP contribution in [0.5, 0.6) is 0 Å². The molecule has 8 heteroatoms. The Labute approximate surface area is 146 Å². The fourth-order valence-corrected chi connectivity index (χ4v) is 4.88. The molecule has 2 aromatic rings. The molecular weight excluding hydrogens is 318 g/mol. The van der Waals surface area contributed by atoms with Gasteiger partial charge in [0.1, 0.15) is 5.69 Å². The number of aryl methyl sites for hydroxylation is 2. The molecule has 1 fully saturated rings. The lowest BCUT2D eigenvalue weighted by Crippen LogP contribution is -2.51. The topological polar surface area (TPSA) is 82.8 Å². The zero-order valence-corrected chi connectivity index (χ0v) is 14.9. The Hall–Kier alpha value is -2.56. The van der Waals surface area contributed by atoms with Gasteiger partial charge in [-0.25, -0.2) is 6.57 Å². The van der Waals surface area contributed by atoms with E-state index in [-0.39, 0.29) is 23.0 Å². The molecule has 8 nitrogen and oxygen atoms in total. The van der Waals surface area contributed by atoms with E-state index in [2.05, 4.69) is 27.2 Å². The lowest BCUT2D eigenvalue weighted by atomic mass is 9.55. The second-order valence-corrected chi connectivity index (χ2v) is 7.50. The van der Waals surface area contributed by atoms with Gasteiger partial charge >= 0.3 is 0 Å². The third-order valence-corrected chi connectivity index (χ3v) is 6.08. The molecule has 0 N–H and O–H groups in total. The molecule has 2 aliphatic rings. The fraction of sp³-hybridized carbons (Fsp3) is 0.647. The summed E-state index contributed by atoms with van der Waals surface area (Å²) < 4.78 is 1.82. The summed E-state index contributed by atoms with van der Waals surface area (Å²) in [5.74, 6) is 0.782. The number of fused-ring (bicyclic) bond motifs is 3. The fourth-order valence-electron chi connectivity index (χ4n) is 4.88. The minimum atomic E-state index is -0.567. The van der Waals surface area contributed by atoms with Crippen LogP contribution in [-0.4, -0.2) is 41.8 Å². The Kier molecular flexibility index (Phi) is 3.33. The summed E-state index contributed by atoms with van der Waals surface area (Å²) in [7, 11) is 3.64. The summed E-state index contributed by atoms with van der Waals surface area (Å²) in [6.07, 6.45) is 2.30. The third-order valence-electron chi connectivity index (χ3n) is 6.08. The summed E-state index contributed by atoms with van der Waals surface area (Å²) in [5, 5.41) is 17.2. The van der Waals surface area contributed by atoms with Crippen molar-refractivity contribution >= 4 is 5.78 Å². The van der Waals surface area contributed by atoms with E-state index in [1.165, 1.54) is 4.80 Å². The number of ketones is 1. The largest absolute Gasteiger partial charge is 0.305 e. The molecule has 2 heterocycles. The van der Waals surface area contributed by atoms with Gasteiger partial charge in [-0.15, -0.1) is 10.2 Å². The van der Waals surface area contributed by atoms with E-state index in [0.29, 0.717) is 12.2 Å². The van der Waals surface area contributed by atoms with Crippen molar-refractivity contribution in [3.8, 4) is 11.5 Å². The van der Waals surface area contributed by atoms with Crippen LogP contribution >= 0.6 is 0 Å². The smallest absolute Gasteiger partial charge is 0.282 e. The molecule has 130 valence electrons. The summed E-state index contributed by atoms with van der Waals surface area (Å²) in [6, 6.07) is -0.567. The van der Waals surface area contributed by atoms with Crippen LogP contribution in [0.4, 0.5) is 0 Å². The van der Waals surface area contributed by atoms with Crippen LogP contribution in [0.15, 0.2) is 0 Å². The van der Waals surface area contributed by atoms with Gasteiger partial charge in [0.2, 0.25) is 11.6 Å². The first-order chi connectivity index (χ1) is 11.9. The van der Waals surface area contributed by atoms with Gasteiger partial charge in [-0.1, -0.05) is 13.8 Å². The van der Waals surface area contributed by atoms with Crippen LogP contribution in [0.1, 0.15) is 37.9 Å². The van der Waals surface area contributed by atoms with E-state index in [4.69, 9.17) is 11.7 Å². The van der Waals surface area contributed by atoms with Gasteiger partial charge in [0.25, 0.3) is 6.04 Å². The average Bonchev–Trinajstić information content (AvgIpc) is 3.14. The van der Waals surface area contributed by atoms with Crippen molar-refractivity contribution in [2.45, 2.75) is 44.6 Å². The lowest BCUT2D eigenvalue weighted by Gasteiger charge is -2.46. The van der Waals surface area contributed by atoms with Crippen LogP contribution in [0.2, 0.25) is 0 Å². The van der Waals surface area contributed by atoms with Crippen LogP contribution in [-0.2, 0) is 30.7 Å². The first-order valence-electron chi connectivity index (χ1n) is 8.58. The van der Waals surface area contributed by atoms with Gasteiger partial charge in [0, 0.05) is 30.4 Å². The molecule has 0 aliphatic heterocycles. The molecule has 0 spiro atoms. The highest BCUT2D eigenvalue weighted by atomic mass is 16.1. The van der Waals surface area contributed by atoms with Crippen LogP contribution in [0.25, 0.3) is 16.4 Å². The Morgan fingerprint density at radius 3 is 2.72 bits per heavy atom. The molecule has 4 rings (SSSR count). The Balaban J connectivity index is 1.87. The monoisotopic (exact) mass is 339 g/mol. The number of aromatic nitrogens is 6. The Morgan fingerprint density at radius 2 is 2.08 bits per heavy atom. The molecule has 2 aromatic heterocycles. The highest BCUT2D eigenvalue weighted by Gasteiger charge is 2.56. The molecule has 1 saturated carbocycles. The zero-order chi connectivity index (χ0) is 17.9.